The van der Waals surface area contributed by atoms with Crippen molar-refractivity contribution >= 4 is 11.9 Å². The Hall–Kier alpha value is -1.62. The molecular weight excluding hydrogens is 174 g/mol. The van der Waals surface area contributed by atoms with Crippen LogP contribution in [0.15, 0.2) is 25.5 Å². The zero-order valence-corrected chi connectivity index (χ0v) is 7.45. The van der Waals surface area contributed by atoms with Gasteiger partial charge in [-0.05, 0) is 6.08 Å². The summed E-state index contributed by atoms with van der Waals surface area (Å²) in [7, 11) is 0. The van der Waals surface area contributed by atoms with E-state index in [0.717, 1.165) is 12.3 Å². The maximum Gasteiger partial charge on any atom is 0.307 e. The molecule has 0 unspecified atom stereocenters. The second-order valence-electron chi connectivity index (χ2n) is 1.68. The fourth-order valence-electron chi connectivity index (χ4n) is 0.267. The first-order chi connectivity index (χ1) is 6.08. The molecule has 0 aromatic rings. The third kappa shape index (κ3) is 17.9. The number of amides is 1. The molecule has 5 nitrogen and oxygen atoms in total. The topological polar surface area (TPSA) is 75.6 Å². The fourth-order valence-corrected chi connectivity index (χ4v) is 0.267. The molecule has 5 heteroatoms. The lowest BCUT2D eigenvalue weighted by molar-refractivity contribution is -0.135. The molecule has 0 aliphatic carbocycles. The van der Waals surface area contributed by atoms with E-state index >= 15 is 0 Å². The number of carbonyl (C=O) groups excluding carboxylic acids is 2. The summed E-state index contributed by atoms with van der Waals surface area (Å²) in [6.45, 7) is 7.31. The summed E-state index contributed by atoms with van der Waals surface area (Å²) < 4.78 is 4.17. The van der Waals surface area contributed by atoms with Crippen LogP contribution >= 0.6 is 0 Å². The van der Waals surface area contributed by atoms with Crippen LogP contribution in [0.4, 0.5) is 0 Å². The Bertz CT molecular complexity index is 189. The quantitative estimate of drug-likeness (QED) is 0.281. The zero-order chi connectivity index (χ0) is 10.7. The number of esters is 1. The molecule has 0 aliphatic rings. The van der Waals surface area contributed by atoms with Gasteiger partial charge in [-0.25, -0.2) is 0 Å². The second-order valence-corrected chi connectivity index (χ2v) is 1.68. The third-order valence-electron chi connectivity index (χ3n) is 0.688. The highest BCUT2D eigenvalue weighted by atomic mass is 16.5. The fraction of sp³-hybridized carbons (Fsp3) is 0.250. The highest BCUT2D eigenvalue weighted by Gasteiger charge is 1.84. The first-order valence-electron chi connectivity index (χ1n) is 3.37. The molecule has 0 fully saturated rings. The number of hydrogen-bond acceptors (Lipinski definition) is 4. The second kappa shape index (κ2) is 10.4. The lowest BCUT2D eigenvalue weighted by Gasteiger charge is -1.89. The van der Waals surface area contributed by atoms with Gasteiger partial charge >= 0.3 is 5.97 Å². The molecule has 0 aromatic heterocycles. The molecule has 0 atom stereocenters. The Morgan fingerprint density at radius 3 is 2.15 bits per heavy atom. The average molecular weight is 187 g/mol. The van der Waals surface area contributed by atoms with Gasteiger partial charge in [0.15, 0.2) is 0 Å². The molecule has 0 aliphatic heterocycles. The highest BCUT2D eigenvalue weighted by Crippen LogP contribution is 1.70. The average Bonchev–Trinajstić information content (AvgIpc) is 2.05. The normalized spacial score (nSPS) is 7.23. The van der Waals surface area contributed by atoms with Crippen molar-refractivity contribution < 1.29 is 19.4 Å². The Morgan fingerprint density at radius 2 is 2.08 bits per heavy atom. The summed E-state index contributed by atoms with van der Waals surface area (Å²) >= 11 is 0. The smallest absolute Gasteiger partial charge is 0.307 e. The van der Waals surface area contributed by atoms with Gasteiger partial charge in [-0.2, -0.15) is 0 Å². The van der Waals surface area contributed by atoms with Crippen molar-refractivity contribution in [1.29, 1.82) is 0 Å². The van der Waals surface area contributed by atoms with E-state index in [1.54, 1.807) is 0 Å². The van der Waals surface area contributed by atoms with Gasteiger partial charge in [0.1, 0.15) is 6.73 Å². The maximum atomic E-state index is 10.0. The molecule has 0 aromatic carbocycles. The van der Waals surface area contributed by atoms with E-state index < -0.39 is 0 Å². The SMILES string of the molecule is C=CC(=O)NCO.C=COC(C)=O. The number of ether oxygens (including phenoxy) is 1. The van der Waals surface area contributed by atoms with E-state index in [1.165, 1.54) is 6.92 Å². The van der Waals surface area contributed by atoms with Crippen LogP contribution in [0.5, 0.6) is 0 Å². The monoisotopic (exact) mass is 187 g/mol. The Morgan fingerprint density at radius 1 is 1.54 bits per heavy atom. The van der Waals surface area contributed by atoms with Crippen LogP contribution in [0.25, 0.3) is 0 Å². The summed E-state index contributed by atoms with van der Waals surface area (Å²) in [5.74, 6) is -0.687. The molecule has 0 radical (unpaired) electrons. The summed E-state index contributed by atoms with van der Waals surface area (Å²) in [6, 6.07) is 0. The Kier molecular flexibility index (Phi) is 11.1. The van der Waals surface area contributed by atoms with E-state index in [4.69, 9.17) is 5.11 Å². The van der Waals surface area contributed by atoms with Gasteiger partial charge in [0.25, 0.3) is 0 Å². The molecule has 0 bridgehead atoms. The summed E-state index contributed by atoms with van der Waals surface area (Å²) in [5, 5.41) is 10.1. The Labute approximate surface area is 76.7 Å². The van der Waals surface area contributed by atoms with E-state index in [1.807, 2.05) is 0 Å². The molecular formula is C8H13NO4. The highest BCUT2D eigenvalue weighted by molar-refractivity contribution is 5.86. The van der Waals surface area contributed by atoms with Crippen molar-refractivity contribution in [2.45, 2.75) is 6.92 Å². The minimum atomic E-state index is -0.359. The summed E-state index contributed by atoms with van der Waals surface area (Å²) in [5.41, 5.74) is 0. The minimum absolute atomic E-state index is 0.329. The number of hydrogen-bond donors (Lipinski definition) is 2. The molecule has 13 heavy (non-hydrogen) atoms. The van der Waals surface area contributed by atoms with Gasteiger partial charge in [-0.15, -0.1) is 0 Å². The molecule has 0 heterocycles. The summed E-state index contributed by atoms with van der Waals surface area (Å²) in [6.07, 6.45) is 2.19. The molecule has 2 N–H and O–H groups in total. The van der Waals surface area contributed by atoms with E-state index in [0.29, 0.717) is 0 Å². The van der Waals surface area contributed by atoms with Crippen LogP contribution in [-0.4, -0.2) is 23.7 Å². The number of rotatable bonds is 3. The van der Waals surface area contributed by atoms with Crippen LogP contribution < -0.4 is 5.32 Å². The zero-order valence-electron chi connectivity index (χ0n) is 7.45. The van der Waals surface area contributed by atoms with Crippen LogP contribution in [0.2, 0.25) is 0 Å². The van der Waals surface area contributed by atoms with Crippen LogP contribution in [0, 0.1) is 0 Å². The van der Waals surface area contributed by atoms with Gasteiger partial charge in [0, 0.05) is 6.92 Å². The minimum Gasteiger partial charge on any atom is -0.435 e. The molecule has 0 rings (SSSR count). The van der Waals surface area contributed by atoms with Crippen molar-refractivity contribution in [3.63, 3.8) is 0 Å². The maximum absolute atomic E-state index is 10.0. The van der Waals surface area contributed by atoms with Gasteiger partial charge in [0.2, 0.25) is 5.91 Å². The predicted octanol–water partition coefficient (Wildman–Crippen LogP) is -0.0686. The van der Waals surface area contributed by atoms with E-state index in [2.05, 4.69) is 23.2 Å². The standard InChI is InChI=1S/C4H7NO2.C4H6O2/c1-2-4(7)5-3-6;1-3-6-4(2)5/h2,6H,1,3H2,(H,5,7);3H,1H2,2H3. The van der Waals surface area contributed by atoms with Gasteiger partial charge in [-0.3, -0.25) is 9.59 Å². The first-order valence-corrected chi connectivity index (χ1v) is 3.37. The molecule has 1 amide bonds. The molecule has 0 saturated heterocycles. The van der Waals surface area contributed by atoms with Crippen LogP contribution in [0.3, 0.4) is 0 Å². The number of aliphatic hydroxyl groups is 1. The van der Waals surface area contributed by atoms with E-state index in [-0.39, 0.29) is 18.6 Å². The van der Waals surface area contributed by atoms with Gasteiger partial charge in [0.05, 0.1) is 6.26 Å². The lowest BCUT2D eigenvalue weighted by atomic mass is 10.6. The van der Waals surface area contributed by atoms with Gasteiger partial charge < -0.3 is 15.2 Å². The van der Waals surface area contributed by atoms with Gasteiger partial charge in [-0.1, -0.05) is 13.2 Å². The van der Waals surface area contributed by atoms with Crippen molar-refractivity contribution in [1.82, 2.24) is 5.32 Å². The van der Waals surface area contributed by atoms with Crippen LogP contribution in [0.1, 0.15) is 6.92 Å². The predicted molar refractivity (Wildman–Crippen MR) is 47.4 cm³/mol. The Balaban J connectivity index is 0. The number of carbonyl (C=O) groups is 2. The molecule has 74 valence electrons. The van der Waals surface area contributed by atoms with Crippen molar-refractivity contribution in [3.8, 4) is 0 Å². The first kappa shape index (κ1) is 13.9. The molecule has 0 saturated carbocycles. The van der Waals surface area contributed by atoms with E-state index in [9.17, 15) is 9.59 Å². The molecule has 0 spiro atoms. The van der Waals surface area contributed by atoms with Crippen molar-refractivity contribution in [2.24, 2.45) is 0 Å². The number of aliphatic hydroxyl groups excluding tert-OH is 1. The summed E-state index contributed by atoms with van der Waals surface area (Å²) in [4.78, 5) is 19.8. The number of nitrogens with one attached hydrogen (secondary N) is 1. The van der Waals surface area contributed by atoms with Crippen molar-refractivity contribution in [2.75, 3.05) is 6.73 Å². The third-order valence-corrected chi connectivity index (χ3v) is 0.688. The van der Waals surface area contributed by atoms with Crippen LogP contribution in [-0.2, 0) is 14.3 Å². The largest absolute Gasteiger partial charge is 0.435 e. The van der Waals surface area contributed by atoms with Crippen molar-refractivity contribution in [3.05, 3.63) is 25.5 Å². The lowest BCUT2D eigenvalue weighted by Crippen LogP contribution is -2.20.